The van der Waals surface area contributed by atoms with Crippen molar-refractivity contribution in [3.05, 3.63) is 89.0 Å². The fourth-order valence-corrected chi connectivity index (χ4v) is 4.39. The van der Waals surface area contributed by atoms with E-state index in [2.05, 4.69) is 0 Å². The molecule has 0 aromatic heterocycles. The van der Waals surface area contributed by atoms with E-state index in [-0.39, 0.29) is 11.3 Å². The van der Waals surface area contributed by atoms with Gasteiger partial charge in [-0.15, -0.1) is 0 Å². The molecule has 1 saturated heterocycles. The summed E-state index contributed by atoms with van der Waals surface area (Å²) in [5, 5.41) is 11.5. The van der Waals surface area contributed by atoms with Crippen molar-refractivity contribution in [1.29, 1.82) is 0 Å². The lowest BCUT2D eigenvalue weighted by Crippen LogP contribution is -2.29. The number of ether oxygens (including phenoxy) is 3. The molecular formula is C29H29NO6. The summed E-state index contributed by atoms with van der Waals surface area (Å²) in [6, 6.07) is 18.6. The van der Waals surface area contributed by atoms with E-state index in [1.807, 2.05) is 45.0 Å². The van der Waals surface area contributed by atoms with Gasteiger partial charge in [-0.3, -0.25) is 14.5 Å². The molecule has 1 aliphatic rings. The summed E-state index contributed by atoms with van der Waals surface area (Å²) in [5.74, 6) is -0.348. The number of amides is 1. The Hall–Kier alpha value is -4.26. The van der Waals surface area contributed by atoms with E-state index < -0.39 is 17.7 Å². The number of carbonyl (C=O) groups excluding carboxylic acids is 2. The van der Waals surface area contributed by atoms with Crippen LogP contribution in [0.15, 0.2) is 72.3 Å². The van der Waals surface area contributed by atoms with Crippen LogP contribution in [-0.4, -0.2) is 37.1 Å². The number of hydrogen-bond acceptors (Lipinski definition) is 6. The number of Topliss-reactive ketones (excluding diaryl/α,β-unsaturated/α-hetero) is 1. The van der Waals surface area contributed by atoms with Gasteiger partial charge in [0.25, 0.3) is 11.7 Å². The lowest BCUT2D eigenvalue weighted by Gasteiger charge is -2.26. The van der Waals surface area contributed by atoms with E-state index in [0.717, 1.165) is 5.56 Å². The number of rotatable bonds is 8. The summed E-state index contributed by atoms with van der Waals surface area (Å²) < 4.78 is 16.7. The molecule has 3 aromatic rings. The monoisotopic (exact) mass is 487 g/mol. The molecule has 0 radical (unpaired) electrons. The molecular weight excluding hydrogens is 458 g/mol. The zero-order chi connectivity index (χ0) is 25.8. The highest BCUT2D eigenvalue weighted by Crippen LogP contribution is 2.44. The van der Waals surface area contributed by atoms with Gasteiger partial charge in [0.15, 0.2) is 0 Å². The van der Waals surface area contributed by atoms with Crippen LogP contribution in [0, 0.1) is 6.92 Å². The van der Waals surface area contributed by atoms with E-state index in [1.54, 1.807) is 42.5 Å². The normalized spacial score (nSPS) is 16.8. The van der Waals surface area contributed by atoms with Crippen LogP contribution in [0.3, 0.4) is 0 Å². The number of hydrogen-bond donors (Lipinski definition) is 1. The number of aryl methyl sites for hydroxylation is 1. The Kier molecular flexibility index (Phi) is 7.29. The van der Waals surface area contributed by atoms with E-state index >= 15 is 0 Å². The van der Waals surface area contributed by atoms with Crippen molar-refractivity contribution in [3.8, 4) is 17.2 Å². The van der Waals surface area contributed by atoms with Crippen LogP contribution in [0.5, 0.6) is 17.2 Å². The molecule has 1 fully saturated rings. The first kappa shape index (κ1) is 24.9. The molecule has 0 saturated carbocycles. The van der Waals surface area contributed by atoms with Gasteiger partial charge in [0.05, 0.1) is 37.5 Å². The molecule has 0 spiro atoms. The molecule has 1 aliphatic heterocycles. The van der Waals surface area contributed by atoms with Crippen LogP contribution in [0.2, 0.25) is 0 Å². The zero-order valence-electron chi connectivity index (χ0n) is 20.8. The first-order valence-corrected chi connectivity index (χ1v) is 11.8. The largest absolute Gasteiger partial charge is 0.507 e. The van der Waals surface area contributed by atoms with E-state index in [1.165, 1.54) is 12.0 Å². The van der Waals surface area contributed by atoms with Gasteiger partial charge in [-0.1, -0.05) is 35.9 Å². The number of anilines is 1. The molecule has 1 heterocycles. The standard InChI is InChI=1S/C29H29NO6/c1-5-35-22-13-14-23(24(17-22)36-6-2)27(31)25-26(19-10-7-9-18(3)15-19)30(29(33)28(25)32)20-11-8-12-21(16-20)34-4/h7-17,26,31H,5-6H2,1-4H3/b27-25-. The van der Waals surface area contributed by atoms with Crippen molar-refractivity contribution in [3.63, 3.8) is 0 Å². The Morgan fingerprint density at radius 2 is 1.67 bits per heavy atom. The third-order valence-corrected chi connectivity index (χ3v) is 5.95. The van der Waals surface area contributed by atoms with Gasteiger partial charge < -0.3 is 19.3 Å². The summed E-state index contributed by atoms with van der Waals surface area (Å²) in [4.78, 5) is 28.3. The van der Waals surface area contributed by atoms with Crippen LogP contribution in [0.1, 0.15) is 36.6 Å². The van der Waals surface area contributed by atoms with Gasteiger partial charge in [0, 0.05) is 17.8 Å². The molecule has 186 valence electrons. The van der Waals surface area contributed by atoms with Gasteiger partial charge in [0.2, 0.25) is 0 Å². The van der Waals surface area contributed by atoms with Crippen LogP contribution >= 0.6 is 0 Å². The molecule has 0 bridgehead atoms. The number of aliphatic hydroxyl groups is 1. The molecule has 1 atom stereocenters. The average Bonchev–Trinajstić information content (AvgIpc) is 3.14. The average molecular weight is 488 g/mol. The molecule has 0 aliphatic carbocycles. The summed E-state index contributed by atoms with van der Waals surface area (Å²) in [5.41, 5.74) is 2.43. The number of benzene rings is 3. The van der Waals surface area contributed by atoms with Crippen molar-refractivity contribution in [1.82, 2.24) is 0 Å². The van der Waals surface area contributed by atoms with Crippen LogP contribution in [0.25, 0.3) is 5.76 Å². The summed E-state index contributed by atoms with van der Waals surface area (Å²) in [6.07, 6.45) is 0. The molecule has 1 amide bonds. The topological polar surface area (TPSA) is 85.3 Å². The van der Waals surface area contributed by atoms with Gasteiger partial charge in [0.1, 0.15) is 23.0 Å². The second-order valence-corrected chi connectivity index (χ2v) is 8.31. The lowest BCUT2D eigenvalue weighted by atomic mass is 9.94. The second-order valence-electron chi connectivity index (χ2n) is 8.31. The van der Waals surface area contributed by atoms with E-state index in [0.29, 0.717) is 47.3 Å². The maximum absolute atomic E-state index is 13.5. The summed E-state index contributed by atoms with van der Waals surface area (Å²) in [7, 11) is 1.53. The van der Waals surface area contributed by atoms with Gasteiger partial charge in [-0.25, -0.2) is 0 Å². The van der Waals surface area contributed by atoms with E-state index in [4.69, 9.17) is 14.2 Å². The third-order valence-electron chi connectivity index (χ3n) is 5.95. The highest BCUT2D eigenvalue weighted by Gasteiger charge is 2.47. The molecule has 1 unspecified atom stereocenters. The molecule has 36 heavy (non-hydrogen) atoms. The minimum absolute atomic E-state index is 0.0152. The van der Waals surface area contributed by atoms with Gasteiger partial charge in [-0.05, 0) is 50.6 Å². The molecule has 7 heteroatoms. The SMILES string of the molecule is CCOc1ccc(/C(O)=C2/C(=O)C(=O)N(c3cccc(OC)c3)C2c2cccc(C)c2)c(OCC)c1. The summed E-state index contributed by atoms with van der Waals surface area (Å²) >= 11 is 0. The maximum atomic E-state index is 13.5. The number of ketones is 1. The molecule has 1 N–H and O–H groups in total. The van der Waals surface area contributed by atoms with Crippen molar-refractivity contribution in [2.24, 2.45) is 0 Å². The second kappa shape index (κ2) is 10.6. The highest BCUT2D eigenvalue weighted by molar-refractivity contribution is 6.51. The Labute approximate surface area is 210 Å². The van der Waals surface area contributed by atoms with Crippen LogP contribution < -0.4 is 19.1 Å². The number of nitrogens with zero attached hydrogens (tertiary/aromatic N) is 1. The van der Waals surface area contributed by atoms with Crippen molar-refractivity contribution >= 4 is 23.1 Å². The lowest BCUT2D eigenvalue weighted by molar-refractivity contribution is -0.132. The Balaban J connectivity index is 1.95. The predicted octanol–water partition coefficient (Wildman–Crippen LogP) is 5.43. The van der Waals surface area contributed by atoms with Crippen molar-refractivity contribution < 1.29 is 28.9 Å². The van der Waals surface area contributed by atoms with Crippen molar-refractivity contribution in [2.75, 3.05) is 25.2 Å². The number of aliphatic hydroxyl groups excluding tert-OH is 1. The molecule has 4 rings (SSSR count). The maximum Gasteiger partial charge on any atom is 0.300 e. The summed E-state index contributed by atoms with van der Waals surface area (Å²) in [6.45, 7) is 6.44. The van der Waals surface area contributed by atoms with Gasteiger partial charge in [-0.2, -0.15) is 0 Å². The smallest absolute Gasteiger partial charge is 0.300 e. The number of methoxy groups -OCH3 is 1. The minimum Gasteiger partial charge on any atom is -0.507 e. The predicted molar refractivity (Wildman–Crippen MR) is 138 cm³/mol. The Morgan fingerprint density at radius 1 is 0.917 bits per heavy atom. The first-order chi connectivity index (χ1) is 17.4. The van der Waals surface area contributed by atoms with Crippen molar-refractivity contribution in [2.45, 2.75) is 26.8 Å². The first-order valence-electron chi connectivity index (χ1n) is 11.8. The van der Waals surface area contributed by atoms with Crippen LogP contribution in [-0.2, 0) is 9.59 Å². The molecule has 7 nitrogen and oxygen atoms in total. The van der Waals surface area contributed by atoms with E-state index in [9.17, 15) is 14.7 Å². The molecule has 3 aromatic carbocycles. The van der Waals surface area contributed by atoms with Crippen LogP contribution in [0.4, 0.5) is 5.69 Å². The zero-order valence-corrected chi connectivity index (χ0v) is 20.8. The fourth-order valence-electron chi connectivity index (χ4n) is 4.39. The fraction of sp³-hybridized carbons (Fsp3) is 0.241. The highest BCUT2D eigenvalue weighted by atomic mass is 16.5. The Bertz CT molecular complexity index is 1330. The Morgan fingerprint density at radius 3 is 2.36 bits per heavy atom. The quantitative estimate of drug-likeness (QED) is 0.259. The number of carbonyl (C=O) groups is 2. The third kappa shape index (κ3) is 4.64. The minimum atomic E-state index is -0.849. The van der Waals surface area contributed by atoms with Gasteiger partial charge >= 0.3 is 0 Å².